The summed E-state index contributed by atoms with van der Waals surface area (Å²) < 4.78 is 0. The average Bonchev–Trinajstić information content (AvgIpc) is 2.61. The molecular weight excluding hydrogens is 318 g/mol. The van der Waals surface area contributed by atoms with Crippen molar-refractivity contribution in [3.05, 3.63) is 81.9 Å². The molecule has 1 N–H and O–H groups in total. The number of aryl methyl sites for hydroxylation is 1. The Labute approximate surface area is 144 Å². The second kappa shape index (κ2) is 6.60. The second-order valence-corrected chi connectivity index (χ2v) is 5.79. The van der Waals surface area contributed by atoms with Crippen LogP contribution in [0.4, 0.5) is 11.4 Å². The summed E-state index contributed by atoms with van der Waals surface area (Å²) in [6.07, 6.45) is 0. The van der Waals surface area contributed by atoms with Gasteiger partial charge >= 0.3 is 0 Å². The Balaban J connectivity index is 1.84. The number of nitrogens with zero attached hydrogens (tertiary/aromatic N) is 2. The van der Waals surface area contributed by atoms with Crippen LogP contribution < -0.4 is 10.4 Å². The fraction of sp³-hybridized carbons (Fsp3) is 0.105. The summed E-state index contributed by atoms with van der Waals surface area (Å²) in [5.41, 5.74) is 4.42. The van der Waals surface area contributed by atoms with E-state index < -0.39 is 10.8 Å². The van der Waals surface area contributed by atoms with E-state index >= 15 is 0 Å². The molecule has 0 spiro atoms. The van der Waals surface area contributed by atoms with Crippen LogP contribution in [0.1, 0.15) is 15.9 Å². The van der Waals surface area contributed by atoms with E-state index in [2.05, 4.69) is 5.43 Å². The van der Waals surface area contributed by atoms with E-state index in [9.17, 15) is 14.9 Å². The predicted molar refractivity (Wildman–Crippen MR) is 97.7 cm³/mol. The first-order chi connectivity index (χ1) is 12.0. The number of hydrazine groups is 1. The normalized spacial score (nSPS) is 10.5. The predicted octanol–water partition coefficient (Wildman–Crippen LogP) is 3.84. The number of hydrogen-bond acceptors (Lipinski definition) is 4. The van der Waals surface area contributed by atoms with Crippen LogP contribution in [0.3, 0.4) is 0 Å². The minimum absolute atomic E-state index is 0.107. The SMILES string of the molecule is Cc1ccc([N+](=O)[O-])cc1C(=O)NN(C)c1ccc2ccccc2c1. The van der Waals surface area contributed by atoms with E-state index in [0.29, 0.717) is 5.56 Å². The third-order valence-corrected chi connectivity index (χ3v) is 4.07. The lowest BCUT2D eigenvalue weighted by Crippen LogP contribution is -2.39. The van der Waals surface area contributed by atoms with Gasteiger partial charge in [-0.1, -0.05) is 36.4 Å². The fourth-order valence-electron chi connectivity index (χ4n) is 2.63. The van der Waals surface area contributed by atoms with Crippen molar-refractivity contribution in [2.45, 2.75) is 6.92 Å². The molecule has 0 aromatic heterocycles. The van der Waals surface area contributed by atoms with Gasteiger partial charge in [-0.15, -0.1) is 0 Å². The largest absolute Gasteiger partial charge is 0.288 e. The molecule has 1 amide bonds. The van der Waals surface area contributed by atoms with Gasteiger partial charge in [-0.05, 0) is 35.4 Å². The van der Waals surface area contributed by atoms with Gasteiger partial charge in [0.1, 0.15) is 0 Å². The molecule has 0 aliphatic rings. The lowest BCUT2D eigenvalue weighted by Gasteiger charge is -2.21. The number of hydrogen-bond donors (Lipinski definition) is 1. The van der Waals surface area contributed by atoms with E-state index in [4.69, 9.17) is 0 Å². The Morgan fingerprint density at radius 1 is 1.04 bits per heavy atom. The maximum absolute atomic E-state index is 12.5. The van der Waals surface area contributed by atoms with Gasteiger partial charge in [0.15, 0.2) is 0 Å². The van der Waals surface area contributed by atoms with Crippen molar-refractivity contribution in [2.75, 3.05) is 12.1 Å². The van der Waals surface area contributed by atoms with Crippen LogP contribution in [0.15, 0.2) is 60.7 Å². The maximum atomic E-state index is 12.5. The lowest BCUT2D eigenvalue weighted by molar-refractivity contribution is -0.384. The highest BCUT2D eigenvalue weighted by Crippen LogP contribution is 2.21. The Morgan fingerprint density at radius 2 is 1.76 bits per heavy atom. The zero-order chi connectivity index (χ0) is 18.0. The third kappa shape index (κ3) is 3.42. The van der Waals surface area contributed by atoms with Gasteiger partial charge in [-0.3, -0.25) is 25.3 Å². The molecule has 0 radical (unpaired) electrons. The van der Waals surface area contributed by atoms with Crippen LogP contribution in [0.25, 0.3) is 10.8 Å². The van der Waals surface area contributed by atoms with Crippen molar-refractivity contribution in [3.63, 3.8) is 0 Å². The van der Waals surface area contributed by atoms with E-state index in [1.54, 1.807) is 25.0 Å². The highest BCUT2D eigenvalue weighted by molar-refractivity contribution is 5.97. The van der Waals surface area contributed by atoms with Crippen molar-refractivity contribution in [1.29, 1.82) is 0 Å². The molecule has 6 heteroatoms. The lowest BCUT2D eigenvalue weighted by atomic mass is 10.1. The molecule has 6 nitrogen and oxygen atoms in total. The number of non-ortho nitro benzene ring substituents is 1. The van der Waals surface area contributed by atoms with Gasteiger partial charge in [0, 0.05) is 19.2 Å². The van der Waals surface area contributed by atoms with E-state index in [1.807, 2.05) is 42.5 Å². The molecule has 3 aromatic rings. The van der Waals surface area contributed by atoms with Gasteiger partial charge in [-0.25, -0.2) is 0 Å². The summed E-state index contributed by atoms with van der Waals surface area (Å²) in [6, 6.07) is 18.0. The standard InChI is InChI=1S/C19H17N3O3/c1-13-7-9-17(22(24)25)12-18(13)19(23)20-21(2)16-10-8-14-5-3-4-6-15(14)11-16/h3-12H,1-2H3,(H,20,23). The van der Waals surface area contributed by atoms with Crippen LogP contribution in [0.5, 0.6) is 0 Å². The smallest absolute Gasteiger partial charge is 0.270 e. The Morgan fingerprint density at radius 3 is 2.48 bits per heavy atom. The molecule has 0 unspecified atom stereocenters. The number of rotatable bonds is 4. The molecule has 0 bridgehead atoms. The summed E-state index contributed by atoms with van der Waals surface area (Å²) in [5, 5.41) is 14.7. The number of amides is 1. The van der Waals surface area contributed by atoms with Crippen LogP contribution in [0.2, 0.25) is 0 Å². The number of nitro benzene ring substituents is 1. The number of carbonyl (C=O) groups excluding carboxylic acids is 1. The van der Waals surface area contributed by atoms with Crippen molar-refractivity contribution >= 4 is 28.1 Å². The summed E-state index contributed by atoms with van der Waals surface area (Å²) in [7, 11) is 1.73. The van der Waals surface area contributed by atoms with Crippen LogP contribution in [-0.4, -0.2) is 17.9 Å². The Hall–Kier alpha value is -3.41. The Bertz CT molecular complexity index is 969. The zero-order valence-electron chi connectivity index (χ0n) is 13.9. The average molecular weight is 335 g/mol. The minimum Gasteiger partial charge on any atom is -0.288 e. The van der Waals surface area contributed by atoms with Crippen molar-refractivity contribution in [3.8, 4) is 0 Å². The summed E-state index contributed by atoms with van der Waals surface area (Å²) in [4.78, 5) is 22.9. The molecular formula is C19H17N3O3. The number of benzene rings is 3. The van der Waals surface area contributed by atoms with Crippen molar-refractivity contribution in [2.24, 2.45) is 0 Å². The molecule has 0 saturated heterocycles. The third-order valence-electron chi connectivity index (χ3n) is 4.07. The Kier molecular flexibility index (Phi) is 4.35. The molecule has 126 valence electrons. The highest BCUT2D eigenvalue weighted by Gasteiger charge is 2.16. The van der Waals surface area contributed by atoms with Gasteiger partial charge < -0.3 is 0 Å². The molecule has 3 aromatic carbocycles. The zero-order valence-corrected chi connectivity index (χ0v) is 13.9. The number of anilines is 1. The summed E-state index contributed by atoms with van der Waals surface area (Å²) in [6.45, 7) is 1.74. The number of nitro groups is 1. The van der Waals surface area contributed by atoms with Crippen molar-refractivity contribution in [1.82, 2.24) is 5.43 Å². The van der Waals surface area contributed by atoms with Crippen molar-refractivity contribution < 1.29 is 9.72 Å². The first-order valence-corrected chi connectivity index (χ1v) is 7.74. The van der Waals surface area contributed by atoms with Gasteiger partial charge in [0.2, 0.25) is 0 Å². The minimum atomic E-state index is -0.511. The van der Waals surface area contributed by atoms with Gasteiger partial charge in [0.25, 0.3) is 11.6 Å². The fourth-order valence-corrected chi connectivity index (χ4v) is 2.63. The van der Waals surface area contributed by atoms with Crippen LogP contribution in [-0.2, 0) is 0 Å². The molecule has 0 fully saturated rings. The molecule has 0 atom stereocenters. The molecule has 0 aliphatic carbocycles. The highest BCUT2D eigenvalue weighted by atomic mass is 16.6. The number of nitrogens with one attached hydrogen (secondary N) is 1. The van der Waals surface area contributed by atoms with E-state index in [0.717, 1.165) is 16.5 Å². The first-order valence-electron chi connectivity index (χ1n) is 7.74. The van der Waals surface area contributed by atoms with Gasteiger partial charge in [-0.2, -0.15) is 0 Å². The molecule has 3 rings (SSSR count). The molecule has 0 heterocycles. The number of carbonyl (C=O) groups is 1. The van der Waals surface area contributed by atoms with Gasteiger partial charge in [0.05, 0.1) is 16.2 Å². The molecule has 0 saturated carbocycles. The molecule has 25 heavy (non-hydrogen) atoms. The second-order valence-electron chi connectivity index (χ2n) is 5.79. The topological polar surface area (TPSA) is 75.5 Å². The van der Waals surface area contributed by atoms with E-state index in [1.165, 1.54) is 12.1 Å². The monoisotopic (exact) mass is 335 g/mol. The maximum Gasteiger partial charge on any atom is 0.270 e. The quantitative estimate of drug-likeness (QED) is 0.580. The van der Waals surface area contributed by atoms with Crippen LogP contribution in [0, 0.1) is 17.0 Å². The summed E-state index contributed by atoms with van der Waals surface area (Å²) >= 11 is 0. The van der Waals surface area contributed by atoms with Crippen LogP contribution >= 0.6 is 0 Å². The van der Waals surface area contributed by atoms with E-state index in [-0.39, 0.29) is 11.3 Å². The molecule has 0 aliphatic heterocycles. The summed E-state index contributed by atoms with van der Waals surface area (Å²) in [5.74, 6) is -0.392. The first kappa shape index (κ1) is 16.4. The number of fused-ring (bicyclic) bond motifs is 1.